The molecule has 2 aromatic carbocycles. The molecule has 0 spiro atoms. The van der Waals surface area contributed by atoms with Gasteiger partial charge in [0.15, 0.2) is 11.4 Å². The molecule has 0 amide bonds. The third kappa shape index (κ3) is 8.71. The fourth-order valence-corrected chi connectivity index (χ4v) is 3.93. The average molecular weight is 483 g/mol. The topological polar surface area (TPSA) is 78.8 Å². The lowest BCUT2D eigenvalue weighted by atomic mass is 10.2. The van der Waals surface area contributed by atoms with E-state index in [4.69, 9.17) is 0 Å². The molecule has 188 valence electrons. The van der Waals surface area contributed by atoms with Gasteiger partial charge >= 0.3 is 0 Å². The molecule has 2 rings (SSSR count). The van der Waals surface area contributed by atoms with Crippen molar-refractivity contribution in [3.63, 3.8) is 0 Å². The Kier molecular flexibility index (Phi) is 12.5. The highest BCUT2D eigenvalue weighted by atomic mass is 15.1. The van der Waals surface area contributed by atoms with Crippen LogP contribution in [0, 0.1) is 22.7 Å². The van der Waals surface area contributed by atoms with Gasteiger partial charge in [-0.3, -0.25) is 0 Å². The Morgan fingerprint density at radius 1 is 0.611 bits per heavy atom. The number of benzene rings is 2. The standard InChI is InChI=1S/C30H38N6/c1-5-17-35(18-6-2)27-13-9-25(10-14-27)23-33-29(21-31)30(22-32)34-24-26-11-15-28(16-12-26)36(19-7-3)20-8-4/h9-16,23-24H,5-8,17-20H2,1-4H3/b30-29-,33-23?,34-24?. The number of nitriles is 2. The lowest BCUT2D eigenvalue weighted by Gasteiger charge is -2.23. The maximum atomic E-state index is 9.58. The van der Waals surface area contributed by atoms with Gasteiger partial charge in [0, 0.05) is 50.0 Å². The predicted octanol–water partition coefficient (Wildman–Crippen LogP) is 6.74. The van der Waals surface area contributed by atoms with E-state index in [-0.39, 0.29) is 11.4 Å². The van der Waals surface area contributed by atoms with Crippen LogP contribution in [0.25, 0.3) is 0 Å². The lowest BCUT2D eigenvalue weighted by molar-refractivity contribution is 0.745. The molecule has 6 nitrogen and oxygen atoms in total. The third-order valence-corrected chi connectivity index (χ3v) is 5.61. The van der Waals surface area contributed by atoms with E-state index in [0.717, 1.165) is 63.0 Å². The zero-order valence-electron chi connectivity index (χ0n) is 22.1. The Hall–Kier alpha value is -3.90. The number of hydrogen-bond acceptors (Lipinski definition) is 6. The molecule has 0 aromatic heterocycles. The van der Waals surface area contributed by atoms with E-state index in [1.165, 1.54) is 11.4 Å². The maximum absolute atomic E-state index is 9.58. The molecular weight excluding hydrogens is 444 g/mol. The third-order valence-electron chi connectivity index (χ3n) is 5.61. The molecule has 36 heavy (non-hydrogen) atoms. The van der Waals surface area contributed by atoms with Gasteiger partial charge in [0.25, 0.3) is 0 Å². The molecule has 0 aliphatic heterocycles. The first-order chi connectivity index (χ1) is 17.6. The number of rotatable bonds is 14. The Balaban J connectivity index is 2.16. The SMILES string of the molecule is CCCN(CCC)c1ccc(C=N/C(C#N)=C(/C#N)N=Cc2ccc(N(CCC)CCC)cc2)cc1. The van der Waals surface area contributed by atoms with Gasteiger partial charge in [-0.2, -0.15) is 10.5 Å². The van der Waals surface area contributed by atoms with Crippen molar-refractivity contribution in [3.05, 3.63) is 71.1 Å². The molecule has 0 unspecified atom stereocenters. The zero-order valence-corrected chi connectivity index (χ0v) is 22.1. The summed E-state index contributed by atoms with van der Waals surface area (Å²) in [4.78, 5) is 13.2. The summed E-state index contributed by atoms with van der Waals surface area (Å²) in [5.41, 5.74) is 4.05. The smallest absolute Gasteiger partial charge is 0.176 e. The largest absolute Gasteiger partial charge is 0.372 e. The van der Waals surface area contributed by atoms with E-state index >= 15 is 0 Å². The number of anilines is 2. The molecule has 0 saturated heterocycles. The molecule has 0 bridgehead atoms. The summed E-state index contributed by atoms with van der Waals surface area (Å²) in [6, 6.07) is 20.2. The van der Waals surface area contributed by atoms with Crippen molar-refractivity contribution in [2.45, 2.75) is 53.4 Å². The molecule has 0 atom stereocenters. The highest BCUT2D eigenvalue weighted by molar-refractivity contribution is 5.83. The second-order valence-electron chi connectivity index (χ2n) is 8.59. The van der Waals surface area contributed by atoms with E-state index in [1.807, 2.05) is 36.4 Å². The Morgan fingerprint density at radius 2 is 0.917 bits per heavy atom. The van der Waals surface area contributed by atoms with Gasteiger partial charge in [0.1, 0.15) is 12.1 Å². The molecule has 0 saturated carbocycles. The van der Waals surface area contributed by atoms with Crippen LogP contribution in [0.1, 0.15) is 64.5 Å². The van der Waals surface area contributed by atoms with Crippen LogP contribution in [0.2, 0.25) is 0 Å². The van der Waals surface area contributed by atoms with Crippen LogP contribution in [0.4, 0.5) is 11.4 Å². The number of allylic oxidation sites excluding steroid dienone is 2. The van der Waals surface area contributed by atoms with Gasteiger partial charge in [-0.25, -0.2) is 9.98 Å². The summed E-state index contributed by atoms with van der Waals surface area (Å²) in [5, 5.41) is 19.2. The number of hydrogen-bond donors (Lipinski definition) is 0. The summed E-state index contributed by atoms with van der Waals surface area (Å²) in [5.74, 6) is 0. The second kappa shape index (κ2) is 15.9. The summed E-state index contributed by atoms with van der Waals surface area (Å²) in [6.45, 7) is 12.8. The van der Waals surface area contributed by atoms with Crippen LogP contribution in [-0.2, 0) is 0 Å². The predicted molar refractivity (Wildman–Crippen MR) is 152 cm³/mol. The molecule has 0 heterocycles. The Morgan fingerprint density at radius 3 is 1.17 bits per heavy atom. The van der Waals surface area contributed by atoms with Crippen molar-refractivity contribution in [2.75, 3.05) is 36.0 Å². The fraction of sp³-hybridized carbons (Fsp3) is 0.400. The molecule has 0 aliphatic carbocycles. The minimum atomic E-state index is -0.00916. The van der Waals surface area contributed by atoms with Crippen molar-refractivity contribution >= 4 is 23.8 Å². The molecule has 2 aromatic rings. The van der Waals surface area contributed by atoms with E-state index in [1.54, 1.807) is 12.4 Å². The zero-order chi connectivity index (χ0) is 26.2. The van der Waals surface area contributed by atoms with E-state index in [9.17, 15) is 10.5 Å². The molecule has 0 aliphatic rings. The minimum Gasteiger partial charge on any atom is -0.372 e. The van der Waals surface area contributed by atoms with Crippen LogP contribution in [0.15, 0.2) is 69.9 Å². The van der Waals surface area contributed by atoms with Gasteiger partial charge in [-0.05, 0) is 61.1 Å². The van der Waals surface area contributed by atoms with Crippen LogP contribution < -0.4 is 9.80 Å². The van der Waals surface area contributed by atoms with E-state index in [0.29, 0.717) is 0 Å². The normalized spacial score (nSPS) is 11.8. The summed E-state index contributed by atoms with van der Waals surface area (Å²) >= 11 is 0. The monoisotopic (exact) mass is 482 g/mol. The summed E-state index contributed by atoms with van der Waals surface area (Å²) in [6.07, 6.45) is 7.58. The average Bonchev–Trinajstić information content (AvgIpc) is 2.91. The summed E-state index contributed by atoms with van der Waals surface area (Å²) < 4.78 is 0. The van der Waals surface area contributed by atoms with Crippen LogP contribution >= 0.6 is 0 Å². The van der Waals surface area contributed by atoms with E-state index in [2.05, 4.69) is 71.7 Å². The van der Waals surface area contributed by atoms with Crippen molar-refractivity contribution in [1.82, 2.24) is 0 Å². The maximum Gasteiger partial charge on any atom is 0.176 e. The first-order valence-electron chi connectivity index (χ1n) is 12.9. The van der Waals surface area contributed by atoms with Crippen molar-refractivity contribution < 1.29 is 0 Å². The second-order valence-corrected chi connectivity index (χ2v) is 8.59. The Bertz CT molecular complexity index is 997. The molecule has 0 N–H and O–H groups in total. The lowest BCUT2D eigenvalue weighted by Crippen LogP contribution is -2.24. The number of nitrogens with zero attached hydrogens (tertiary/aromatic N) is 6. The fourth-order valence-electron chi connectivity index (χ4n) is 3.93. The first-order valence-corrected chi connectivity index (χ1v) is 12.9. The highest BCUT2D eigenvalue weighted by Crippen LogP contribution is 2.17. The van der Waals surface area contributed by atoms with Gasteiger partial charge in [0.2, 0.25) is 0 Å². The van der Waals surface area contributed by atoms with Crippen LogP contribution in [-0.4, -0.2) is 38.6 Å². The molecule has 6 heteroatoms. The minimum absolute atomic E-state index is 0.00916. The van der Waals surface area contributed by atoms with Crippen molar-refractivity contribution in [2.24, 2.45) is 9.98 Å². The van der Waals surface area contributed by atoms with Gasteiger partial charge in [0.05, 0.1) is 0 Å². The van der Waals surface area contributed by atoms with Crippen LogP contribution in [0.5, 0.6) is 0 Å². The molecule has 0 radical (unpaired) electrons. The number of aliphatic imine (C=N–C) groups is 2. The first kappa shape index (κ1) is 28.3. The molecular formula is C30H38N6. The van der Waals surface area contributed by atoms with Gasteiger partial charge in [-0.15, -0.1) is 0 Å². The summed E-state index contributed by atoms with van der Waals surface area (Å²) in [7, 11) is 0. The van der Waals surface area contributed by atoms with Crippen molar-refractivity contribution in [3.8, 4) is 12.1 Å². The van der Waals surface area contributed by atoms with E-state index < -0.39 is 0 Å². The Labute approximate surface area is 216 Å². The quantitative estimate of drug-likeness (QED) is 0.221. The van der Waals surface area contributed by atoms with Gasteiger partial charge in [-0.1, -0.05) is 52.0 Å². The van der Waals surface area contributed by atoms with Gasteiger partial charge < -0.3 is 9.80 Å². The molecule has 0 fully saturated rings. The van der Waals surface area contributed by atoms with Crippen molar-refractivity contribution in [1.29, 1.82) is 10.5 Å². The van der Waals surface area contributed by atoms with Crippen LogP contribution in [0.3, 0.4) is 0 Å². The highest BCUT2D eigenvalue weighted by Gasteiger charge is 2.06.